The van der Waals surface area contributed by atoms with Crippen LogP contribution in [0, 0.1) is 13.8 Å². The maximum atomic E-state index is 11.4. The Kier molecular flexibility index (Phi) is 4.18. The zero-order chi connectivity index (χ0) is 15.6. The van der Waals surface area contributed by atoms with Crippen molar-refractivity contribution in [2.45, 2.75) is 25.3 Å². The molecule has 1 heterocycles. The van der Waals surface area contributed by atoms with Crippen LogP contribution in [0.15, 0.2) is 35.4 Å². The first-order valence-corrected chi connectivity index (χ1v) is 8.31. The number of aromatic nitrogens is 1. The van der Waals surface area contributed by atoms with Gasteiger partial charge in [0.05, 0.1) is 10.6 Å². The maximum Gasteiger partial charge on any atom is 0.175 e. The number of nitrogens with two attached hydrogens (primary N) is 1. The number of hydrogen-bond acceptors (Lipinski definition) is 5. The maximum absolute atomic E-state index is 11.4. The molecule has 0 spiro atoms. The number of hydrogen-bond donors (Lipinski definition) is 1. The number of pyridine rings is 1. The second kappa shape index (κ2) is 5.73. The van der Waals surface area contributed by atoms with Gasteiger partial charge in [-0.25, -0.2) is 8.42 Å². The molecule has 0 saturated carbocycles. The van der Waals surface area contributed by atoms with Crippen molar-refractivity contribution in [2.75, 3.05) is 12.0 Å². The highest BCUT2D eigenvalue weighted by atomic mass is 32.2. The van der Waals surface area contributed by atoms with Crippen LogP contribution in [0.3, 0.4) is 0 Å². The van der Waals surface area contributed by atoms with E-state index < -0.39 is 9.84 Å². The Morgan fingerprint density at radius 1 is 1.19 bits per heavy atom. The van der Waals surface area contributed by atoms with Crippen LogP contribution in [0.2, 0.25) is 0 Å². The van der Waals surface area contributed by atoms with E-state index >= 15 is 0 Å². The smallest absolute Gasteiger partial charge is 0.175 e. The number of sulfone groups is 1. The Hall–Kier alpha value is -2.08. The summed E-state index contributed by atoms with van der Waals surface area (Å²) in [7, 11) is -3.19. The van der Waals surface area contributed by atoms with Crippen molar-refractivity contribution in [3.05, 3.63) is 47.3 Å². The second-order valence-corrected chi connectivity index (χ2v) is 6.97. The first-order chi connectivity index (χ1) is 9.79. The molecule has 0 aliphatic carbocycles. The second-order valence-electron chi connectivity index (χ2n) is 4.96. The molecule has 0 atom stereocenters. The lowest BCUT2D eigenvalue weighted by Gasteiger charge is -2.11. The van der Waals surface area contributed by atoms with E-state index in [4.69, 9.17) is 10.5 Å². The van der Waals surface area contributed by atoms with E-state index in [9.17, 15) is 8.42 Å². The molecule has 1 aromatic carbocycles. The molecule has 0 amide bonds. The Balaban J connectivity index is 2.12. The zero-order valence-corrected chi connectivity index (χ0v) is 13.1. The summed E-state index contributed by atoms with van der Waals surface area (Å²) in [6, 6.07) is 6.30. The third-order valence-corrected chi connectivity index (χ3v) is 4.43. The van der Waals surface area contributed by atoms with Crippen molar-refractivity contribution in [3.8, 4) is 5.75 Å². The van der Waals surface area contributed by atoms with E-state index in [1.54, 1.807) is 18.3 Å². The molecule has 1 aromatic heterocycles. The molecule has 2 N–H and O–H groups in total. The Labute approximate surface area is 124 Å². The van der Waals surface area contributed by atoms with Crippen molar-refractivity contribution >= 4 is 15.5 Å². The molecule has 0 aliphatic rings. The average Bonchev–Trinajstić information content (AvgIpc) is 2.43. The molecule has 2 aromatic rings. The Morgan fingerprint density at radius 3 is 2.38 bits per heavy atom. The molecular formula is C15H18N2O3S. The van der Waals surface area contributed by atoms with Crippen LogP contribution in [0.1, 0.15) is 16.8 Å². The zero-order valence-electron chi connectivity index (χ0n) is 12.3. The third kappa shape index (κ3) is 3.52. The van der Waals surface area contributed by atoms with Crippen LogP contribution >= 0.6 is 0 Å². The summed E-state index contributed by atoms with van der Waals surface area (Å²) >= 11 is 0. The average molecular weight is 306 g/mol. The first kappa shape index (κ1) is 15.3. The standard InChI is InChI=1S/C15H18N2O3S/c1-10-8-17-14(11(2)15(10)16)9-20-12-4-6-13(7-5-12)21(3,18)19/h4-8H,9H2,1-3H3,(H2,16,17). The van der Waals surface area contributed by atoms with E-state index in [2.05, 4.69) is 4.98 Å². The van der Waals surface area contributed by atoms with Gasteiger partial charge in [-0.2, -0.15) is 0 Å². The molecule has 6 heteroatoms. The van der Waals surface area contributed by atoms with Gasteiger partial charge < -0.3 is 10.5 Å². The molecule has 2 rings (SSSR count). The molecular weight excluding hydrogens is 288 g/mol. The molecule has 21 heavy (non-hydrogen) atoms. The van der Waals surface area contributed by atoms with Crippen molar-refractivity contribution in [1.82, 2.24) is 4.98 Å². The SMILES string of the molecule is Cc1cnc(COc2ccc(S(C)(=O)=O)cc2)c(C)c1N. The highest BCUT2D eigenvalue weighted by Gasteiger charge is 2.09. The summed E-state index contributed by atoms with van der Waals surface area (Å²) in [5, 5.41) is 0. The summed E-state index contributed by atoms with van der Waals surface area (Å²) in [4.78, 5) is 4.58. The lowest BCUT2D eigenvalue weighted by molar-refractivity contribution is 0.300. The van der Waals surface area contributed by atoms with E-state index in [1.807, 2.05) is 13.8 Å². The largest absolute Gasteiger partial charge is 0.487 e. The van der Waals surface area contributed by atoms with Crippen LogP contribution in [-0.2, 0) is 16.4 Å². The molecule has 5 nitrogen and oxygen atoms in total. The fourth-order valence-electron chi connectivity index (χ4n) is 1.87. The van der Waals surface area contributed by atoms with Crippen LogP contribution in [-0.4, -0.2) is 19.7 Å². The summed E-state index contributed by atoms with van der Waals surface area (Å²) in [6.45, 7) is 4.10. The van der Waals surface area contributed by atoms with Gasteiger partial charge in [0.2, 0.25) is 0 Å². The van der Waals surface area contributed by atoms with Gasteiger partial charge in [0.25, 0.3) is 0 Å². The molecule has 0 bridgehead atoms. The summed E-state index contributed by atoms with van der Waals surface area (Å²) < 4.78 is 28.4. The molecule has 0 fully saturated rings. The Morgan fingerprint density at radius 2 is 1.81 bits per heavy atom. The number of ether oxygens (including phenoxy) is 1. The fraction of sp³-hybridized carbons (Fsp3) is 0.267. The minimum absolute atomic E-state index is 0.267. The number of aryl methyl sites for hydroxylation is 1. The summed E-state index contributed by atoms with van der Waals surface area (Å²) in [6.07, 6.45) is 2.89. The normalized spacial score (nSPS) is 11.4. The lowest BCUT2D eigenvalue weighted by atomic mass is 10.1. The van der Waals surface area contributed by atoms with Crippen LogP contribution in [0.25, 0.3) is 0 Å². The number of anilines is 1. The topological polar surface area (TPSA) is 82.3 Å². The highest BCUT2D eigenvalue weighted by molar-refractivity contribution is 7.90. The van der Waals surface area contributed by atoms with Crippen LogP contribution in [0.5, 0.6) is 5.75 Å². The number of rotatable bonds is 4. The summed E-state index contributed by atoms with van der Waals surface area (Å²) in [5.74, 6) is 0.586. The van der Waals surface area contributed by atoms with Gasteiger partial charge in [-0.1, -0.05) is 0 Å². The van der Waals surface area contributed by atoms with E-state index in [0.29, 0.717) is 5.75 Å². The minimum Gasteiger partial charge on any atom is -0.487 e. The summed E-state index contributed by atoms with van der Waals surface area (Å²) in [5.41, 5.74) is 9.29. The third-order valence-electron chi connectivity index (χ3n) is 3.30. The van der Waals surface area contributed by atoms with E-state index in [-0.39, 0.29) is 11.5 Å². The minimum atomic E-state index is -3.19. The van der Waals surface area contributed by atoms with Crippen LogP contribution < -0.4 is 10.5 Å². The lowest BCUT2D eigenvalue weighted by Crippen LogP contribution is -2.05. The number of nitrogen functional groups attached to an aromatic ring is 1. The van der Waals surface area contributed by atoms with Gasteiger partial charge in [-0.15, -0.1) is 0 Å². The van der Waals surface area contributed by atoms with Crippen molar-refractivity contribution < 1.29 is 13.2 Å². The molecule has 0 radical (unpaired) electrons. The van der Waals surface area contributed by atoms with Gasteiger partial charge in [0, 0.05) is 18.1 Å². The first-order valence-electron chi connectivity index (χ1n) is 6.42. The molecule has 0 unspecified atom stereocenters. The number of nitrogens with zero attached hydrogens (tertiary/aromatic N) is 1. The van der Waals surface area contributed by atoms with Gasteiger partial charge in [0.15, 0.2) is 9.84 Å². The fourth-order valence-corrected chi connectivity index (χ4v) is 2.50. The van der Waals surface area contributed by atoms with E-state index in [0.717, 1.165) is 22.5 Å². The molecule has 0 aliphatic heterocycles. The predicted molar refractivity (Wildman–Crippen MR) is 82.0 cm³/mol. The van der Waals surface area contributed by atoms with E-state index in [1.165, 1.54) is 18.4 Å². The van der Waals surface area contributed by atoms with Gasteiger partial charge >= 0.3 is 0 Å². The predicted octanol–water partition coefficient (Wildman–Crippen LogP) is 2.26. The monoisotopic (exact) mass is 306 g/mol. The van der Waals surface area contributed by atoms with Crippen LogP contribution in [0.4, 0.5) is 5.69 Å². The van der Waals surface area contributed by atoms with Gasteiger partial charge in [-0.05, 0) is 49.2 Å². The Bertz CT molecular complexity index is 753. The molecule has 112 valence electrons. The van der Waals surface area contributed by atoms with Crippen molar-refractivity contribution in [3.63, 3.8) is 0 Å². The van der Waals surface area contributed by atoms with Gasteiger partial charge in [-0.3, -0.25) is 4.98 Å². The highest BCUT2D eigenvalue weighted by Crippen LogP contribution is 2.21. The number of benzene rings is 1. The van der Waals surface area contributed by atoms with Gasteiger partial charge in [0.1, 0.15) is 12.4 Å². The van der Waals surface area contributed by atoms with Crippen molar-refractivity contribution in [1.29, 1.82) is 0 Å². The quantitative estimate of drug-likeness (QED) is 0.937. The molecule has 0 saturated heterocycles. The van der Waals surface area contributed by atoms with Crippen molar-refractivity contribution in [2.24, 2.45) is 0 Å².